The molecule has 0 aromatic carbocycles. The van der Waals surface area contributed by atoms with Gasteiger partial charge >= 0.3 is 208 Å². The maximum absolute atomic E-state index is 6.52. The summed E-state index contributed by atoms with van der Waals surface area (Å²) in [6, 6.07) is 0. The number of hydrogen-bond acceptors (Lipinski definition) is 3. The molecule has 7 unspecified atom stereocenters. The third-order valence-corrected chi connectivity index (χ3v) is 21.6. The number of nitrogens with zero attached hydrogens (tertiary/aromatic N) is 1. The summed E-state index contributed by atoms with van der Waals surface area (Å²) in [5.41, 5.74) is 2.87. The Hall–Kier alpha value is 0.350. The standard InChI is InChI=1S/C38H70INO2/c1-7-31(2)16-12-13-17-33-18-19-36-38(4)23-20-32-30-34(21-24-37(32,3)35(38)22-25-39(33)36)42-28-15-11-9-8-10-14-27-41-29-26-40(5)6/h20,31,33-36H,7-19,21-30H2,1-6H3. The molecule has 4 aliphatic rings. The summed E-state index contributed by atoms with van der Waals surface area (Å²) >= 11 is -0.846. The van der Waals surface area contributed by atoms with E-state index < -0.39 is 19.8 Å². The Bertz CT molecular complexity index is 815. The second kappa shape index (κ2) is 17.3. The van der Waals surface area contributed by atoms with Gasteiger partial charge < -0.3 is 9.64 Å². The number of ether oxygens (including phenoxy) is 2. The van der Waals surface area contributed by atoms with E-state index in [9.17, 15) is 0 Å². The minimum absolute atomic E-state index is 0.458. The molecule has 0 aromatic rings. The zero-order chi connectivity index (χ0) is 30.0. The summed E-state index contributed by atoms with van der Waals surface area (Å²) in [5, 5.41) is 0. The number of hydrogen-bond donors (Lipinski definition) is 0. The molecule has 42 heavy (non-hydrogen) atoms. The third kappa shape index (κ3) is 9.21. The van der Waals surface area contributed by atoms with Gasteiger partial charge in [-0.25, -0.2) is 0 Å². The molecule has 3 fully saturated rings. The van der Waals surface area contributed by atoms with Crippen molar-refractivity contribution in [2.75, 3.05) is 44.9 Å². The van der Waals surface area contributed by atoms with Crippen molar-refractivity contribution < 1.29 is 9.47 Å². The fourth-order valence-electron chi connectivity index (χ4n) is 9.22. The summed E-state index contributed by atoms with van der Waals surface area (Å²) in [6.07, 6.45) is 28.4. The summed E-state index contributed by atoms with van der Waals surface area (Å²) in [4.78, 5) is 2.18. The van der Waals surface area contributed by atoms with Gasteiger partial charge in [-0.1, -0.05) is 12.8 Å². The average molecular weight is 700 g/mol. The molecule has 246 valence electrons. The summed E-state index contributed by atoms with van der Waals surface area (Å²) in [6.45, 7) is 14.1. The van der Waals surface area contributed by atoms with Gasteiger partial charge in [0.05, 0.1) is 6.61 Å². The molecule has 0 radical (unpaired) electrons. The van der Waals surface area contributed by atoms with Crippen LogP contribution in [0, 0.1) is 22.7 Å². The average Bonchev–Trinajstić information content (AvgIpc) is 3.40. The van der Waals surface area contributed by atoms with E-state index in [0.29, 0.717) is 16.9 Å². The molecule has 2 aliphatic heterocycles. The van der Waals surface area contributed by atoms with Crippen LogP contribution in [0.5, 0.6) is 0 Å². The second-order valence-corrected chi connectivity index (χ2v) is 22.4. The van der Waals surface area contributed by atoms with Gasteiger partial charge in [-0.3, -0.25) is 0 Å². The first-order chi connectivity index (χ1) is 20.3. The molecule has 2 saturated heterocycles. The van der Waals surface area contributed by atoms with Gasteiger partial charge in [-0.15, -0.1) is 0 Å². The fourth-order valence-corrected chi connectivity index (χ4v) is 19.5. The number of fused-ring (bicyclic) bond motifs is 5. The van der Waals surface area contributed by atoms with Crippen molar-refractivity contribution in [1.29, 1.82) is 0 Å². The summed E-state index contributed by atoms with van der Waals surface area (Å²) < 4.78 is 16.2. The van der Waals surface area contributed by atoms with E-state index in [1.165, 1.54) is 93.8 Å². The summed E-state index contributed by atoms with van der Waals surface area (Å²) in [7, 11) is 4.21. The van der Waals surface area contributed by atoms with Crippen LogP contribution in [0.1, 0.15) is 143 Å². The van der Waals surface area contributed by atoms with Crippen LogP contribution in [0.25, 0.3) is 0 Å². The SMILES string of the molecule is CCC(C)CCCCC1CCC2I1CCC1C3(C)CCC(OCCCCCCCCOCCN(C)C)CC3=CCC21C. The van der Waals surface area contributed by atoms with Gasteiger partial charge in [0.25, 0.3) is 0 Å². The number of unbranched alkanes of at least 4 members (excludes halogenated alkanes) is 6. The van der Waals surface area contributed by atoms with Crippen molar-refractivity contribution in [3.05, 3.63) is 11.6 Å². The molecule has 4 rings (SSSR count). The molecule has 2 heterocycles. The predicted octanol–water partition coefficient (Wildman–Crippen LogP) is 10.5. The van der Waals surface area contributed by atoms with Crippen LogP contribution < -0.4 is 0 Å². The van der Waals surface area contributed by atoms with Crippen molar-refractivity contribution in [3.8, 4) is 0 Å². The molecule has 3 nitrogen and oxygen atoms in total. The normalized spacial score (nSPS) is 34.2. The van der Waals surface area contributed by atoms with Gasteiger partial charge in [0.15, 0.2) is 0 Å². The minimum atomic E-state index is -0.846. The maximum atomic E-state index is 6.52. The monoisotopic (exact) mass is 699 g/mol. The molecule has 1 saturated carbocycles. The zero-order valence-corrected chi connectivity index (χ0v) is 31.0. The Labute approximate surface area is 269 Å². The quantitative estimate of drug-likeness (QED) is 0.0580. The Morgan fingerprint density at radius 2 is 1.69 bits per heavy atom. The van der Waals surface area contributed by atoms with E-state index in [-0.39, 0.29) is 0 Å². The molecule has 0 amide bonds. The van der Waals surface area contributed by atoms with Crippen LogP contribution in [0.15, 0.2) is 11.6 Å². The van der Waals surface area contributed by atoms with Crippen LogP contribution in [0.2, 0.25) is 0 Å². The van der Waals surface area contributed by atoms with E-state index >= 15 is 0 Å². The van der Waals surface area contributed by atoms with E-state index in [0.717, 1.165) is 42.1 Å². The predicted molar refractivity (Wildman–Crippen MR) is 191 cm³/mol. The Morgan fingerprint density at radius 3 is 2.45 bits per heavy atom. The van der Waals surface area contributed by atoms with Crippen molar-refractivity contribution in [2.45, 2.75) is 157 Å². The van der Waals surface area contributed by atoms with Gasteiger partial charge in [-0.05, 0) is 20.5 Å². The number of alkyl halides is 3. The fraction of sp³-hybridized carbons (Fsp3) is 0.947. The molecule has 4 heteroatoms. The van der Waals surface area contributed by atoms with E-state index in [1.807, 2.05) is 0 Å². The topological polar surface area (TPSA) is 21.7 Å². The third-order valence-electron chi connectivity index (χ3n) is 12.2. The molecule has 0 aromatic heterocycles. The van der Waals surface area contributed by atoms with Gasteiger partial charge in [0, 0.05) is 13.2 Å². The number of rotatable bonds is 19. The molecule has 0 spiro atoms. The van der Waals surface area contributed by atoms with Crippen LogP contribution in [-0.4, -0.2) is 63.7 Å². The van der Waals surface area contributed by atoms with Crippen molar-refractivity contribution in [3.63, 3.8) is 0 Å². The van der Waals surface area contributed by atoms with Gasteiger partial charge in [-0.2, -0.15) is 0 Å². The number of halogens is 1. The van der Waals surface area contributed by atoms with Crippen molar-refractivity contribution in [1.82, 2.24) is 4.90 Å². The van der Waals surface area contributed by atoms with E-state index in [1.54, 1.807) is 35.7 Å². The number of allylic oxidation sites excluding steroid dienone is 1. The molecular weight excluding hydrogens is 629 g/mol. The second-order valence-electron chi connectivity index (χ2n) is 15.5. The molecule has 7 atom stereocenters. The van der Waals surface area contributed by atoms with Gasteiger partial charge in [0.1, 0.15) is 0 Å². The first kappa shape index (κ1) is 35.2. The van der Waals surface area contributed by atoms with Crippen molar-refractivity contribution in [2.24, 2.45) is 22.7 Å². The van der Waals surface area contributed by atoms with E-state index in [2.05, 4.69) is 52.8 Å². The van der Waals surface area contributed by atoms with E-state index in [4.69, 9.17) is 9.47 Å². The zero-order valence-electron chi connectivity index (χ0n) is 28.9. The Morgan fingerprint density at radius 1 is 0.929 bits per heavy atom. The first-order valence-electron chi connectivity index (χ1n) is 18.4. The Kier molecular flexibility index (Phi) is 14.5. The first-order valence-corrected chi connectivity index (χ1v) is 22.5. The van der Waals surface area contributed by atoms with Crippen LogP contribution in [0.4, 0.5) is 0 Å². The molecule has 0 bridgehead atoms. The van der Waals surface area contributed by atoms with Gasteiger partial charge in [0.2, 0.25) is 0 Å². The molecule has 0 N–H and O–H groups in total. The van der Waals surface area contributed by atoms with Crippen LogP contribution >= 0.6 is 19.8 Å². The van der Waals surface area contributed by atoms with Crippen LogP contribution in [-0.2, 0) is 9.47 Å². The number of likely N-dealkylation sites (N-methyl/N-ethyl adjacent to an activating group) is 1. The van der Waals surface area contributed by atoms with Crippen molar-refractivity contribution >= 4 is 19.8 Å². The summed E-state index contributed by atoms with van der Waals surface area (Å²) in [5.74, 6) is 1.87. The Balaban J connectivity index is 1.14. The van der Waals surface area contributed by atoms with Crippen LogP contribution in [0.3, 0.4) is 0 Å². The molecule has 2 aliphatic carbocycles. The molecular formula is C38H70INO2.